The maximum absolute atomic E-state index is 11.8. The maximum atomic E-state index is 11.8. The molecule has 20 heavy (non-hydrogen) atoms. The minimum atomic E-state index is -0.667. The third-order valence-corrected chi connectivity index (χ3v) is 3.15. The fourth-order valence-electron chi connectivity index (χ4n) is 1.79. The highest BCUT2D eigenvalue weighted by Gasteiger charge is 2.15. The Morgan fingerprint density at radius 3 is 2.35 bits per heavy atom. The Morgan fingerprint density at radius 2 is 1.70 bits per heavy atom. The second kappa shape index (κ2) is 7.08. The van der Waals surface area contributed by atoms with E-state index in [9.17, 15) is 4.79 Å². The zero-order valence-corrected chi connectivity index (χ0v) is 11.7. The van der Waals surface area contributed by atoms with E-state index >= 15 is 0 Å². The van der Waals surface area contributed by atoms with Gasteiger partial charge in [-0.1, -0.05) is 54.1 Å². The third-order valence-electron chi connectivity index (χ3n) is 2.90. The molecule has 2 aromatic carbocycles. The number of halogens is 1. The van der Waals surface area contributed by atoms with Crippen molar-refractivity contribution >= 4 is 17.6 Å². The van der Waals surface area contributed by atoms with Gasteiger partial charge in [0.1, 0.15) is 12.6 Å². The summed E-state index contributed by atoms with van der Waals surface area (Å²) in [5, 5.41) is 0.661. The molecule has 1 atom stereocenters. The van der Waals surface area contributed by atoms with Crippen LogP contribution in [-0.4, -0.2) is 12.0 Å². The van der Waals surface area contributed by atoms with E-state index in [0.717, 1.165) is 11.1 Å². The molecule has 0 spiro atoms. The molecular weight excluding hydrogens is 274 g/mol. The maximum Gasteiger partial charge on any atom is 0.323 e. The Labute approximate surface area is 123 Å². The molecule has 0 saturated heterocycles. The SMILES string of the molecule is N[C@H](Cc1ccc(Cl)cc1)C(=O)OCc1ccccc1. The number of hydrogen-bond acceptors (Lipinski definition) is 3. The summed E-state index contributed by atoms with van der Waals surface area (Å²) in [6, 6.07) is 16.1. The van der Waals surface area contributed by atoms with Crippen LogP contribution in [0.2, 0.25) is 5.02 Å². The summed E-state index contributed by atoms with van der Waals surface area (Å²) in [5.74, 6) is -0.399. The molecule has 2 aromatic rings. The van der Waals surface area contributed by atoms with Crippen LogP contribution in [0.4, 0.5) is 0 Å². The van der Waals surface area contributed by atoms with Gasteiger partial charge in [-0.05, 0) is 29.7 Å². The lowest BCUT2D eigenvalue weighted by atomic mass is 10.1. The van der Waals surface area contributed by atoms with Crippen LogP contribution in [0, 0.1) is 0 Å². The number of carbonyl (C=O) groups excluding carboxylic acids is 1. The van der Waals surface area contributed by atoms with E-state index in [-0.39, 0.29) is 6.61 Å². The standard InChI is InChI=1S/C16H16ClNO2/c17-14-8-6-12(7-9-14)10-15(18)16(19)20-11-13-4-2-1-3-5-13/h1-9,15H,10-11,18H2/t15-/m1/s1. The van der Waals surface area contributed by atoms with Gasteiger partial charge in [0.15, 0.2) is 0 Å². The van der Waals surface area contributed by atoms with Crippen molar-refractivity contribution in [1.82, 2.24) is 0 Å². The Hall–Kier alpha value is -1.84. The van der Waals surface area contributed by atoms with E-state index in [1.54, 1.807) is 12.1 Å². The summed E-state index contributed by atoms with van der Waals surface area (Å²) in [6.07, 6.45) is 0.435. The number of nitrogens with two attached hydrogens (primary N) is 1. The molecule has 0 heterocycles. The molecule has 0 aromatic heterocycles. The van der Waals surface area contributed by atoms with Gasteiger partial charge in [0.25, 0.3) is 0 Å². The van der Waals surface area contributed by atoms with E-state index in [1.807, 2.05) is 42.5 Å². The van der Waals surface area contributed by atoms with Crippen molar-refractivity contribution in [1.29, 1.82) is 0 Å². The van der Waals surface area contributed by atoms with Crippen LogP contribution in [-0.2, 0) is 22.6 Å². The van der Waals surface area contributed by atoms with Gasteiger partial charge in [-0.15, -0.1) is 0 Å². The van der Waals surface area contributed by atoms with Gasteiger partial charge in [-0.3, -0.25) is 4.79 Å². The van der Waals surface area contributed by atoms with Gasteiger partial charge in [-0.25, -0.2) is 0 Å². The van der Waals surface area contributed by atoms with Crippen molar-refractivity contribution in [2.75, 3.05) is 0 Å². The molecule has 2 rings (SSSR count). The van der Waals surface area contributed by atoms with Gasteiger partial charge in [-0.2, -0.15) is 0 Å². The lowest BCUT2D eigenvalue weighted by molar-refractivity contribution is -0.146. The first-order valence-electron chi connectivity index (χ1n) is 6.36. The highest BCUT2D eigenvalue weighted by Crippen LogP contribution is 2.11. The summed E-state index contributed by atoms with van der Waals surface area (Å²) >= 11 is 5.81. The van der Waals surface area contributed by atoms with Gasteiger partial charge >= 0.3 is 5.97 Å². The molecule has 0 aliphatic carbocycles. The van der Waals surface area contributed by atoms with Gasteiger partial charge in [0.05, 0.1) is 0 Å². The minimum Gasteiger partial charge on any atom is -0.460 e. The van der Waals surface area contributed by atoms with Gasteiger partial charge in [0, 0.05) is 5.02 Å². The fourth-order valence-corrected chi connectivity index (χ4v) is 1.92. The van der Waals surface area contributed by atoms with Gasteiger partial charge < -0.3 is 10.5 Å². The quantitative estimate of drug-likeness (QED) is 0.861. The molecule has 0 aliphatic heterocycles. The number of hydrogen-bond donors (Lipinski definition) is 1. The average molecular weight is 290 g/mol. The van der Waals surface area contributed by atoms with Crippen LogP contribution in [0.3, 0.4) is 0 Å². The third kappa shape index (κ3) is 4.37. The molecule has 0 unspecified atom stereocenters. The predicted molar refractivity (Wildman–Crippen MR) is 79.4 cm³/mol. The van der Waals surface area contributed by atoms with Crippen molar-refractivity contribution in [3.63, 3.8) is 0 Å². The zero-order chi connectivity index (χ0) is 14.4. The minimum absolute atomic E-state index is 0.244. The first kappa shape index (κ1) is 14.6. The first-order chi connectivity index (χ1) is 9.65. The first-order valence-corrected chi connectivity index (χ1v) is 6.73. The van der Waals surface area contributed by atoms with E-state index in [1.165, 1.54) is 0 Å². The summed E-state index contributed by atoms with van der Waals surface area (Å²) in [4.78, 5) is 11.8. The fraction of sp³-hybridized carbons (Fsp3) is 0.188. The summed E-state index contributed by atoms with van der Waals surface area (Å²) < 4.78 is 5.20. The van der Waals surface area contributed by atoms with E-state index in [2.05, 4.69) is 0 Å². The largest absolute Gasteiger partial charge is 0.460 e. The second-order valence-electron chi connectivity index (χ2n) is 4.53. The van der Waals surface area contributed by atoms with Crippen LogP contribution in [0.1, 0.15) is 11.1 Å². The van der Waals surface area contributed by atoms with E-state index in [0.29, 0.717) is 11.4 Å². The Bertz CT molecular complexity index is 554. The molecule has 0 aliphatic rings. The van der Waals surface area contributed by atoms with Crippen LogP contribution in [0.5, 0.6) is 0 Å². The molecule has 0 fully saturated rings. The van der Waals surface area contributed by atoms with Crippen LogP contribution < -0.4 is 5.73 Å². The number of esters is 1. The van der Waals surface area contributed by atoms with Crippen molar-refractivity contribution in [2.45, 2.75) is 19.1 Å². The van der Waals surface area contributed by atoms with Crippen molar-refractivity contribution in [2.24, 2.45) is 5.73 Å². The van der Waals surface area contributed by atoms with Crippen molar-refractivity contribution < 1.29 is 9.53 Å². The Kier molecular flexibility index (Phi) is 5.16. The Balaban J connectivity index is 1.84. The van der Waals surface area contributed by atoms with Crippen LogP contribution >= 0.6 is 11.6 Å². The summed E-state index contributed by atoms with van der Waals surface area (Å²) in [5.41, 5.74) is 7.74. The highest BCUT2D eigenvalue weighted by molar-refractivity contribution is 6.30. The van der Waals surface area contributed by atoms with E-state index in [4.69, 9.17) is 22.1 Å². The second-order valence-corrected chi connectivity index (χ2v) is 4.97. The van der Waals surface area contributed by atoms with E-state index < -0.39 is 12.0 Å². The normalized spacial score (nSPS) is 11.9. The topological polar surface area (TPSA) is 52.3 Å². The number of ether oxygens (including phenoxy) is 1. The number of carbonyl (C=O) groups is 1. The predicted octanol–water partition coefficient (Wildman–Crippen LogP) is 2.95. The van der Waals surface area contributed by atoms with Crippen LogP contribution in [0.25, 0.3) is 0 Å². The molecule has 0 amide bonds. The molecule has 3 nitrogen and oxygen atoms in total. The zero-order valence-electron chi connectivity index (χ0n) is 11.0. The molecular formula is C16H16ClNO2. The molecule has 2 N–H and O–H groups in total. The lowest BCUT2D eigenvalue weighted by Gasteiger charge is -2.11. The number of rotatable bonds is 5. The number of benzene rings is 2. The highest BCUT2D eigenvalue weighted by atomic mass is 35.5. The Morgan fingerprint density at radius 1 is 1.05 bits per heavy atom. The molecule has 0 bridgehead atoms. The monoisotopic (exact) mass is 289 g/mol. The molecule has 0 saturated carbocycles. The average Bonchev–Trinajstić information content (AvgIpc) is 2.48. The van der Waals surface area contributed by atoms with Crippen molar-refractivity contribution in [3.8, 4) is 0 Å². The van der Waals surface area contributed by atoms with Crippen LogP contribution in [0.15, 0.2) is 54.6 Å². The summed E-state index contributed by atoms with van der Waals surface area (Å²) in [6.45, 7) is 0.244. The van der Waals surface area contributed by atoms with Crippen molar-refractivity contribution in [3.05, 3.63) is 70.7 Å². The summed E-state index contributed by atoms with van der Waals surface area (Å²) in [7, 11) is 0. The van der Waals surface area contributed by atoms with Gasteiger partial charge in [0.2, 0.25) is 0 Å². The smallest absolute Gasteiger partial charge is 0.323 e. The molecule has 104 valence electrons. The lowest BCUT2D eigenvalue weighted by Crippen LogP contribution is -2.34. The molecule has 4 heteroatoms. The molecule has 0 radical (unpaired) electrons.